The molecule has 0 spiro atoms. The van der Waals surface area contributed by atoms with Gasteiger partial charge in [-0.2, -0.15) is 5.48 Å². The Kier molecular flexibility index (Phi) is 6.80. The first-order chi connectivity index (χ1) is 13.5. The minimum atomic E-state index is -0.395. The fourth-order valence-corrected chi connectivity index (χ4v) is 3.46. The van der Waals surface area contributed by atoms with E-state index in [1.165, 1.54) is 11.3 Å². The molecule has 28 heavy (non-hydrogen) atoms. The zero-order chi connectivity index (χ0) is 19.9. The van der Waals surface area contributed by atoms with Gasteiger partial charge < -0.3 is 20.0 Å². The van der Waals surface area contributed by atoms with Crippen molar-refractivity contribution in [3.05, 3.63) is 35.3 Å². The first kappa shape index (κ1) is 20.1. The summed E-state index contributed by atoms with van der Waals surface area (Å²) in [7, 11) is 3.72. The highest BCUT2D eigenvalue weighted by Crippen LogP contribution is 2.18. The summed E-state index contributed by atoms with van der Waals surface area (Å²) in [6.07, 6.45) is 0.246. The monoisotopic (exact) mass is 404 g/mol. The summed E-state index contributed by atoms with van der Waals surface area (Å²) in [6, 6.07) is 6.53. The van der Waals surface area contributed by atoms with E-state index >= 15 is 0 Å². The number of hydroxylamine groups is 1. The Labute approximate surface area is 167 Å². The Morgan fingerprint density at radius 2 is 1.86 bits per heavy atom. The first-order valence-corrected chi connectivity index (χ1v) is 9.84. The van der Waals surface area contributed by atoms with Crippen molar-refractivity contribution in [2.75, 3.05) is 50.9 Å². The molecule has 3 rings (SSSR count). The molecular formula is C18H24N6O3S. The van der Waals surface area contributed by atoms with Crippen LogP contribution < -0.4 is 21.0 Å². The number of amides is 3. The van der Waals surface area contributed by atoms with Crippen molar-refractivity contribution in [3.8, 4) is 5.75 Å². The topological polar surface area (TPSA) is 98.8 Å². The maximum absolute atomic E-state index is 12.4. The number of thiazole rings is 1. The van der Waals surface area contributed by atoms with E-state index in [0.29, 0.717) is 22.3 Å². The number of nitrogens with zero attached hydrogens (tertiary/aromatic N) is 3. The number of urea groups is 1. The van der Waals surface area contributed by atoms with Crippen molar-refractivity contribution < 1.29 is 14.4 Å². The molecule has 0 unspecified atom stereocenters. The lowest BCUT2D eigenvalue weighted by Gasteiger charge is -2.32. The molecule has 10 heteroatoms. The average molecular weight is 404 g/mol. The summed E-state index contributed by atoms with van der Waals surface area (Å²) >= 11 is 1.30. The number of hydrogen-bond acceptors (Lipinski definition) is 7. The number of hydrogen-bond donors (Lipinski definition) is 3. The van der Waals surface area contributed by atoms with Gasteiger partial charge in [0.2, 0.25) is 5.91 Å². The quantitative estimate of drug-likeness (QED) is 0.633. The molecule has 1 fully saturated rings. The summed E-state index contributed by atoms with van der Waals surface area (Å²) in [5.41, 5.74) is 3.87. The standard InChI is InChI=1S/C18H24N6O3S/c1-19-27-15-5-3-13(4-6-15)20-17(26)22-18-21-14(12-28-18)11-16(25)24-9-7-23(2)8-10-24/h3-6,12,19H,7-11H2,1-2H3,(H2,20,21,22,26). The summed E-state index contributed by atoms with van der Waals surface area (Å²) in [5, 5.41) is 7.67. The molecule has 9 nitrogen and oxygen atoms in total. The van der Waals surface area contributed by atoms with Crippen LogP contribution in [0.1, 0.15) is 5.69 Å². The van der Waals surface area contributed by atoms with Gasteiger partial charge in [0.05, 0.1) is 12.1 Å². The van der Waals surface area contributed by atoms with E-state index in [4.69, 9.17) is 4.84 Å². The highest BCUT2D eigenvalue weighted by Gasteiger charge is 2.20. The van der Waals surface area contributed by atoms with Gasteiger partial charge in [0.1, 0.15) is 5.75 Å². The number of nitrogens with one attached hydrogen (secondary N) is 3. The van der Waals surface area contributed by atoms with E-state index in [9.17, 15) is 9.59 Å². The number of carbonyl (C=O) groups is 2. The van der Waals surface area contributed by atoms with Crippen molar-refractivity contribution in [2.24, 2.45) is 0 Å². The molecule has 2 aromatic rings. The highest BCUT2D eigenvalue weighted by atomic mass is 32.1. The molecule has 1 aromatic carbocycles. The summed E-state index contributed by atoms with van der Waals surface area (Å²) in [5.74, 6) is 0.710. The molecule has 0 aliphatic carbocycles. The number of benzene rings is 1. The number of aromatic nitrogens is 1. The fourth-order valence-electron chi connectivity index (χ4n) is 2.75. The molecule has 1 aromatic heterocycles. The van der Waals surface area contributed by atoms with Crippen molar-refractivity contribution in [1.29, 1.82) is 0 Å². The Morgan fingerprint density at radius 3 is 2.54 bits per heavy atom. The highest BCUT2D eigenvalue weighted by molar-refractivity contribution is 7.14. The molecule has 3 amide bonds. The third kappa shape index (κ3) is 5.65. The Balaban J connectivity index is 1.48. The molecule has 1 saturated heterocycles. The van der Waals surface area contributed by atoms with Gasteiger partial charge in [-0.15, -0.1) is 11.3 Å². The lowest BCUT2D eigenvalue weighted by atomic mass is 10.2. The molecule has 0 radical (unpaired) electrons. The second-order valence-corrected chi connectivity index (χ2v) is 7.27. The molecule has 0 bridgehead atoms. The third-order valence-electron chi connectivity index (χ3n) is 4.29. The molecule has 1 aliphatic rings. The van der Waals surface area contributed by atoms with Gasteiger partial charge in [0, 0.05) is 44.3 Å². The third-order valence-corrected chi connectivity index (χ3v) is 5.10. The predicted molar refractivity (Wildman–Crippen MR) is 109 cm³/mol. The van der Waals surface area contributed by atoms with Gasteiger partial charge in [-0.1, -0.05) is 0 Å². The number of anilines is 2. The molecule has 150 valence electrons. The van der Waals surface area contributed by atoms with Gasteiger partial charge in [-0.25, -0.2) is 9.78 Å². The smallest absolute Gasteiger partial charge is 0.325 e. The maximum Gasteiger partial charge on any atom is 0.325 e. The number of likely N-dealkylation sites (N-methyl/N-ethyl adjacent to an activating group) is 1. The number of carbonyl (C=O) groups excluding carboxylic acids is 2. The van der Waals surface area contributed by atoms with Crippen LogP contribution in [0.25, 0.3) is 0 Å². The minimum absolute atomic E-state index is 0.0679. The van der Waals surface area contributed by atoms with Crippen molar-refractivity contribution >= 4 is 34.1 Å². The normalized spacial score (nSPS) is 14.6. The summed E-state index contributed by atoms with van der Waals surface area (Å²) in [6.45, 7) is 3.26. The second kappa shape index (κ2) is 9.49. The Bertz CT molecular complexity index is 802. The van der Waals surface area contributed by atoms with Crippen LogP contribution >= 0.6 is 11.3 Å². The average Bonchev–Trinajstić information content (AvgIpc) is 3.10. The molecule has 3 N–H and O–H groups in total. The predicted octanol–water partition coefficient (Wildman–Crippen LogP) is 1.62. The van der Waals surface area contributed by atoms with E-state index in [2.05, 4.69) is 33.0 Å². The maximum atomic E-state index is 12.4. The van der Waals surface area contributed by atoms with E-state index in [-0.39, 0.29) is 12.3 Å². The van der Waals surface area contributed by atoms with Crippen LogP contribution in [0.5, 0.6) is 5.75 Å². The Morgan fingerprint density at radius 1 is 1.14 bits per heavy atom. The molecule has 2 heterocycles. The molecular weight excluding hydrogens is 380 g/mol. The van der Waals surface area contributed by atoms with Crippen LogP contribution in [0.4, 0.5) is 15.6 Å². The number of rotatable bonds is 6. The SMILES string of the molecule is CNOc1ccc(NC(=O)Nc2nc(CC(=O)N3CCN(C)CC3)cs2)cc1. The second-order valence-electron chi connectivity index (χ2n) is 6.41. The number of piperazine rings is 1. The van der Waals surface area contributed by atoms with Gasteiger partial charge in [-0.3, -0.25) is 10.1 Å². The van der Waals surface area contributed by atoms with Gasteiger partial charge in [0.15, 0.2) is 5.13 Å². The van der Waals surface area contributed by atoms with Gasteiger partial charge in [0.25, 0.3) is 0 Å². The minimum Gasteiger partial charge on any atom is -0.409 e. The van der Waals surface area contributed by atoms with Crippen LogP contribution in [-0.4, -0.2) is 67.0 Å². The van der Waals surface area contributed by atoms with Crippen LogP contribution in [-0.2, 0) is 11.2 Å². The molecule has 0 saturated carbocycles. The Hall–Kier alpha value is -2.69. The molecule has 0 atom stereocenters. The van der Waals surface area contributed by atoms with E-state index in [0.717, 1.165) is 26.2 Å². The summed E-state index contributed by atoms with van der Waals surface area (Å²) < 4.78 is 0. The zero-order valence-corrected chi connectivity index (χ0v) is 16.7. The van der Waals surface area contributed by atoms with E-state index in [1.807, 2.05) is 4.90 Å². The lowest BCUT2D eigenvalue weighted by Crippen LogP contribution is -2.47. The van der Waals surface area contributed by atoms with Crippen LogP contribution in [0.15, 0.2) is 29.6 Å². The van der Waals surface area contributed by atoms with Gasteiger partial charge in [-0.05, 0) is 31.3 Å². The zero-order valence-electron chi connectivity index (χ0n) is 15.9. The van der Waals surface area contributed by atoms with E-state index < -0.39 is 6.03 Å². The largest absolute Gasteiger partial charge is 0.409 e. The van der Waals surface area contributed by atoms with Crippen LogP contribution in [0.2, 0.25) is 0 Å². The van der Waals surface area contributed by atoms with Crippen LogP contribution in [0, 0.1) is 0 Å². The first-order valence-electron chi connectivity index (χ1n) is 8.96. The van der Waals surface area contributed by atoms with E-state index in [1.54, 1.807) is 36.7 Å². The van der Waals surface area contributed by atoms with Gasteiger partial charge >= 0.3 is 6.03 Å². The lowest BCUT2D eigenvalue weighted by molar-refractivity contribution is -0.132. The molecule has 1 aliphatic heterocycles. The van der Waals surface area contributed by atoms with Crippen molar-refractivity contribution in [1.82, 2.24) is 20.3 Å². The van der Waals surface area contributed by atoms with Crippen LogP contribution in [0.3, 0.4) is 0 Å². The van der Waals surface area contributed by atoms with Crippen molar-refractivity contribution in [3.63, 3.8) is 0 Å². The fraction of sp³-hybridized carbons (Fsp3) is 0.389. The van der Waals surface area contributed by atoms with Crippen molar-refractivity contribution in [2.45, 2.75) is 6.42 Å². The summed E-state index contributed by atoms with van der Waals surface area (Å²) in [4.78, 5) is 38.0.